The summed E-state index contributed by atoms with van der Waals surface area (Å²) in [6.45, 7) is 4.37. The predicted octanol–water partition coefficient (Wildman–Crippen LogP) is 4.89. The van der Waals surface area contributed by atoms with Gasteiger partial charge in [0.25, 0.3) is 0 Å². The summed E-state index contributed by atoms with van der Waals surface area (Å²) in [4.78, 5) is 10.9. The summed E-state index contributed by atoms with van der Waals surface area (Å²) in [5, 5.41) is 9.41. The quantitative estimate of drug-likeness (QED) is 0.348. The highest BCUT2D eigenvalue weighted by atomic mass is 16.5. The number of ether oxygens (including phenoxy) is 2. The second kappa shape index (κ2) is 10.7. The van der Waals surface area contributed by atoms with E-state index in [-0.39, 0.29) is 5.97 Å². The zero-order valence-corrected chi connectivity index (χ0v) is 14.8. The average molecular weight is 349 g/mol. The first-order valence-electron chi connectivity index (χ1n) is 8.76. The maximum atomic E-state index is 10.9. The minimum atomic E-state index is -0.376. The van der Waals surface area contributed by atoms with Crippen LogP contribution in [0.5, 0.6) is 5.75 Å². The van der Waals surface area contributed by atoms with E-state index in [1.165, 1.54) is 6.08 Å². The fraction of sp³-hybridized carbons (Fsp3) is 0.273. The fourth-order valence-corrected chi connectivity index (χ4v) is 2.62. The van der Waals surface area contributed by atoms with Crippen molar-refractivity contribution in [1.29, 1.82) is 5.26 Å². The number of nitrogens with zero attached hydrogens (tertiary/aromatic N) is 1. The predicted molar refractivity (Wildman–Crippen MR) is 102 cm³/mol. The lowest BCUT2D eigenvalue weighted by atomic mass is 9.99. The van der Waals surface area contributed by atoms with Crippen molar-refractivity contribution < 1.29 is 14.3 Å². The summed E-state index contributed by atoms with van der Waals surface area (Å²) in [7, 11) is 0. The van der Waals surface area contributed by atoms with Crippen LogP contribution < -0.4 is 4.74 Å². The molecule has 0 spiro atoms. The number of carbonyl (C=O) groups excluding carboxylic acids is 1. The third-order valence-electron chi connectivity index (χ3n) is 3.92. The first kappa shape index (κ1) is 19.3. The van der Waals surface area contributed by atoms with Gasteiger partial charge in [0.05, 0.1) is 24.8 Å². The largest absolute Gasteiger partial charge is 0.493 e. The van der Waals surface area contributed by atoms with Crippen molar-refractivity contribution in [3.63, 3.8) is 0 Å². The molecule has 0 heterocycles. The Hall–Kier alpha value is -3.06. The highest BCUT2D eigenvalue weighted by Gasteiger charge is 2.11. The van der Waals surface area contributed by atoms with Gasteiger partial charge < -0.3 is 9.47 Å². The average Bonchev–Trinajstić information content (AvgIpc) is 2.70. The smallest absolute Gasteiger partial charge is 0.330 e. The number of benzene rings is 2. The van der Waals surface area contributed by atoms with Gasteiger partial charge >= 0.3 is 5.97 Å². The van der Waals surface area contributed by atoms with Gasteiger partial charge in [-0.05, 0) is 43.4 Å². The SMILES string of the molecule is C=CC(=O)OCCCCCCOc1cccc(C#N)c1-c1ccccc1. The molecule has 0 amide bonds. The standard InChI is InChI=1S/C22H23NO3/c1-2-21(24)26-16-9-4-3-8-15-25-20-14-10-13-19(17-23)22(20)18-11-6-5-7-12-18/h2,5-7,10-14H,1,3-4,8-9,15-16H2. The summed E-state index contributed by atoms with van der Waals surface area (Å²) in [6, 6.07) is 17.6. The van der Waals surface area contributed by atoms with Gasteiger partial charge in [-0.2, -0.15) is 5.26 Å². The monoisotopic (exact) mass is 349 g/mol. The van der Waals surface area contributed by atoms with Crippen LogP contribution in [0.25, 0.3) is 11.1 Å². The molecule has 0 bridgehead atoms. The van der Waals surface area contributed by atoms with Gasteiger partial charge in [-0.25, -0.2) is 4.79 Å². The molecule has 0 saturated carbocycles. The van der Waals surface area contributed by atoms with E-state index in [9.17, 15) is 10.1 Å². The molecule has 4 heteroatoms. The van der Waals surface area contributed by atoms with Gasteiger partial charge in [0.15, 0.2) is 0 Å². The van der Waals surface area contributed by atoms with Crippen LogP contribution in [0, 0.1) is 11.3 Å². The number of esters is 1. The van der Waals surface area contributed by atoms with Crippen LogP contribution >= 0.6 is 0 Å². The molecule has 0 saturated heterocycles. The Morgan fingerprint density at radius 1 is 1.00 bits per heavy atom. The maximum Gasteiger partial charge on any atom is 0.330 e. The number of hydrogen-bond acceptors (Lipinski definition) is 4. The molecular weight excluding hydrogens is 326 g/mol. The molecule has 2 aromatic carbocycles. The first-order valence-corrected chi connectivity index (χ1v) is 8.76. The lowest BCUT2D eigenvalue weighted by molar-refractivity contribution is -0.137. The molecule has 4 nitrogen and oxygen atoms in total. The molecule has 0 unspecified atom stereocenters. The van der Waals surface area contributed by atoms with Gasteiger partial charge in [0.2, 0.25) is 0 Å². The summed E-state index contributed by atoms with van der Waals surface area (Å²) in [5.74, 6) is 0.356. The third-order valence-corrected chi connectivity index (χ3v) is 3.92. The number of nitriles is 1. The Balaban J connectivity index is 1.84. The normalized spacial score (nSPS) is 9.96. The van der Waals surface area contributed by atoms with Gasteiger partial charge in [-0.1, -0.05) is 43.0 Å². The molecule has 0 atom stereocenters. The van der Waals surface area contributed by atoms with Crippen molar-refractivity contribution in [2.75, 3.05) is 13.2 Å². The summed E-state index contributed by atoms with van der Waals surface area (Å²) >= 11 is 0. The van der Waals surface area contributed by atoms with Gasteiger partial charge in [0, 0.05) is 11.6 Å². The Labute approximate surface area is 154 Å². The molecule has 0 aromatic heterocycles. The number of rotatable bonds is 10. The lowest BCUT2D eigenvalue weighted by Crippen LogP contribution is -2.03. The fourth-order valence-electron chi connectivity index (χ4n) is 2.62. The molecule has 0 aliphatic heterocycles. The van der Waals surface area contributed by atoms with Crippen LogP contribution in [0.2, 0.25) is 0 Å². The Morgan fingerprint density at radius 3 is 2.42 bits per heavy atom. The summed E-state index contributed by atoms with van der Waals surface area (Å²) in [6.07, 6.45) is 4.87. The molecule has 2 rings (SSSR count). The van der Waals surface area contributed by atoms with Crippen molar-refractivity contribution in [2.24, 2.45) is 0 Å². The van der Waals surface area contributed by atoms with E-state index < -0.39 is 0 Å². The molecule has 0 aliphatic carbocycles. The van der Waals surface area contributed by atoms with Crippen molar-refractivity contribution >= 4 is 5.97 Å². The first-order chi connectivity index (χ1) is 12.8. The summed E-state index contributed by atoms with van der Waals surface area (Å²) in [5.41, 5.74) is 2.42. The van der Waals surface area contributed by atoms with Crippen LogP contribution in [0.15, 0.2) is 61.2 Å². The molecular formula is C22H23NO3. The van der Waals surface area contributed by atoms with Crippen LogP contribution in [0.3, 0.4) is 0 Å². The topological polar surface area (TPSA) is 59.3 Å². The van der Waals surface area contributed by atoms with Crippen LogP contribution in [-0.4, -0.2) is 19.2 Å². The van der Waals surface area contributed by atoms with Crippen molar-refractivity contribution in [1.82, 2.24) is 0 Å². The molecule has 0 fully saturated rings. The van der Waals surface area contributed by atoms with E-state index >= 15 is 0 Å². The van der Waals surface area contributed by atoms with Gasteiger partial charge in [0.1, 0.15) is 5.75 Å². The zero-order chi connectivity index (χ0) is 18.6. The van der Waals surface area contributed by atoms with Crippen LogP contribution in [0.4, 0.5) is 0 Å². The van der Waals surface area contributed by atoms with E-state index in [0.717, 1.165) is 42.6 Å². The Kier molecular flexibility index (Phi) is 7.95. The molecule has 26 heavy (non-hydrogen) atoms. The molecule has 0 N–H and O–H groups in total. The number of hydrogen-bond donors (Lipinski definition) is 0. The molecule has 134 valence electrons. The second-order valence-electron chi connectivity index (χ2n) is 5.79. The van der Waals surface area contributed by atoms with Gasteiger partial charge in [-0.3, -0.25) is 0 Å². The summed E-state index contributed by atoms with van der Waals surface area (Å²) < 4.78 is 10.9. The number of unbranched alkanes of at least 4 members (excludes halogenated alkanes) is 3. The molecule has 0 radical (unpaired) electrons. The highest BCUT2D eigenvalue weighted by Crippen LogP contribution is 2.33. The minimum absolute atomic E-state index is 0.376. The van der Waals surface area contributed by atoms with Crippen molar-refractivity contribution in [3.05, 3.63) is 66.7 Å². The van der Waals surface area contributed by atoms with Crippen molar-refractivity contribution in [3.8, 4) is 22.9 Å². The van der Waals surface area contributed by atoms with E-state index in [2.05, 4.69) is 12.6 Å². The van der Waals surface area contributed by atoms with Gasteiger partial charge in [-0.15, -0.1) is 0 Å². The second-order valence-corrected chi connectivity index (χ2v) is 5.79. The van der Waals surface area contributed by atoms with Crippen LogP contribution in [-0.2, 0) is 9.53 Å². The lowest BCUT2D eigenvalue weighted by Gasteiger charge is -2.13. The van der Waals surface area contributed by atoms with E-state index in [1.807, 2.05) is 42.5 Å². The van der Waals surface area contributed by atoms with E-state index in [0.29, 0.717) is 18.8 Å². The number of carbonyl (C=O) groups is 1. The minimum Gasteiger partial charge on any atom is -0.493 e. The third kappa shape index (κ3) is 5.78. The molecule has 0 aliphatic rings. The van der Waals surface area contributed by atoms with Crippen LogP contribution in [0.1, 0.15) is 31.2 Å². The zero-order valence-electron chi connectivity index (χ0n) is 14.8. The van der Waals surface area contributed by atoms with Crippen molar-refractivity contribution in [2.45, 2.75) is 25.7 Å². The molecule has 2 aromatic rings. The highest BCUT2D eigenvalue weighted by molar-refractivity contribution is 5.81. The van der Waals surface area contributed by atoms with E-state index in [4.69, 9.17) is 9.47 Å². The maximum absolute atomic E-state index is 10.9. The van der Waals surface area contributed by atoms with E-state index in [1.54, 1.807) is 6.07 Å². The Bertz CT molecular complexity index is 763. The Morgan fingerprint density at radius 2 is 1.73 bits per heavy atom.